The topological polar surface area (TPSA) is 109 Å². The molecule has 2 aliphatic rings. The van der Waals surface area contributed by atoms with Crippen LogP contribution in [0.5, 0.6) is 0 Å². The summed E-state index contributed by atoms with van der Waals surface area (Å²) in [5.41, 5.74) is 5.60. The van der Waals surface area contributed by atoms with Gasteiger partial charge in [-0.15, -0.1) is 0 Å². The smallest absolute Gasteiger partial charge is 0.333 e. The number of rotatable bonds is 4. The van der Waals surface area contributed by atoms with E-state index in [9.17, 15) is 18.3 Å². The molecule has 2 aromatic rings. The summed E-state index contributed by atoms with van der Waals surface area (Å²) in [5, 5.41) is 12.1. The monoisotopic (exact) mass is 452 g/mol. The molecular formula is C21H25ClN2O5S. The molecule has 1 aromatic heterocycles. The highest BCUT2D eigenvalue weighted by Crippen LogP contribution is 2.41. The van der Waals surface area contributed by atoms with Crippen LogP contribution in [-0.2, 0) is 41.3 Å². The lowest BCUT2D eigenvalue weighted by molar-refractivity contribution is 0.0781. The first-order valence-corrected chi connectivity index (χ1v) is 11.9. The molecule has 1 aromatic carbocycles. The van der Waals surface area contributed by atoms with Crippen LogP contribution in [-0.4, -0.2) is 19.6 Å². The molecule has 9 heteroatoms. The van der Waals surface area contributed by atoms with Gasteiger partial charge in [-0.2, -0.15) is 8.42 Å². The summed E-state index contributed by atoms with van der Waals surface area (Å²) in [7, 11) is -4.30. The molecule has 0 bridgehead atoms. The fourth-order valence-electron chi connectivity index (χ4n) is 4.59. The third-order valence-corrected chi connectivity index (χ3v) is 7.46. The molecule has 1 heterocycles. The van der Waals surface area contributed by atoms with Gasteiger partial charge in [0.05, 0.1) is 5.60 Å². The van der Waals surface area contributed by atoms with Crippen molar-refractivity contribution in [3.8, 4) is 0 Å². The number of sulfonamides is 1. The van der Waals surface area contributed by atoms with Crippen molar-refractivity contribution >= 4 is 33.3 Å². The zero-order chi connectivity index (χ0) is 21.8. The molecule has 2 amide bonds. The first-order valence-electron chi connectivity index (χ1n) is 10.0. The maximum atomic E-state index is 12.6. The summed E-state index contributed by atoms with van der Waals surface area (Å²) in [6, 6.07) is 0.276. The van der Waals surface area contributed by atoms with E-state index in [0.717, 1.165) is 61.4 Å². The Morgan fingerprint density at radius 2 is 1.63 bits per heavy atom. The molecular weight excluding hydrogens is 428 g/mol. The van der Waals surface area contributed by atoms with Gasteiger partial charge in [0.1, 0.15) is 0 Å². The Morgan fingerprint density at radius 1 is 1.10 bits per heavy atom. The van der Waals surface area contributed by atoms with E-state index in [2.05, 4.69) is 12.2 Å². The van der Waals surface area contributed by atoms with Gasteiger partial charge < -0.3 is 14.8 Å². The number of amides is 2. The summed E-state index contributed by atoms with van der Waals surface area (Å²) in [6.45, 7) is 5.06. The van der Waals surface area contributed by atoms with E-state index < -0.39 is 26.7 Å². The number of halogens is 1. The van der Waals surface area contributed by atoms with Crippen LogP contribution >= 0.6 is 11.6 Å². The van der Waals surface area contributed by atoms with Crippen molar-refractivity contribution in [3.05, 3.63) is 44.7 Å². The number of carbonyl (C=O) groups is 1. The molecule has 4 rings (SSSR count). The van der Waals surface area contributed by atoms with E-state index in [0.29, 0.717) is 0 Å². The number of hydrogen-bond acceptors (Lipinski definition) is 5. The number of anilines is 1. The van der Waals surface area contributed by atoms with Gasteiger partial charge in [-0.25, -0.2) is 9.52 Å². The van der Waals surface area contributed by atoms with E-state index >= 15 is 0 Å². The molecule has 0 unspecified atom stereocenters. The minimum Gasteiger partial charge on any atom is -0.431 e. The molecule has 162 valence electrons. The lowest BCUT2D eigenvalue weighted by Crippen LogP contribution is -2.34. The van der Waals surface area contributed by atoms with Crippen molar-refractivity contribution in [1.82, 2.24) is 4.72 Å². The minimum absolute atomic E-state index is 0.124. The van der Waals surface area contributed by atoms with Gasteiger partial charge in [0.2, 0.25) is 10.3 Å². The maximum absolute atomic E-state index is 12.6. The molecule has 0 atom stereocenters. The van der Waals surface area contributed by atoms with Gasteiger partial charge in [0.15, 0.2) is 0 Å². The zero-order valence-corrected chi connectivity index (χ0v) is 18.8. The van der Waals surface area contributed by atoms with Gasteiger partial charge in [-0.1, -0.05) is 0 Å². The van der Waals surface area contributed by atoms with Crippen molar-refractivity contribution < 1.29 is 22.7 Å². The predicted molar refractivity (Wildman–Crippen MR) is 114 cm³/mol. The average Bonchev–Trinajstić information content (AvgIpc) is 3.36. The summed E-state index contributed by atoms with van der Waals surface area (Å²) < 4.78 is 32.4. The Balaban J connectivity index is 1.61. The molecule has 0 aliphatic heterocycles. The lowest BCUT2D eigenvalue weighted by atomic mass is 9.93. The van der Waals surface area contributed by atoms with Gasteiger partial charge >= 0.3 is 6.03 Å². The van der Waals surface area contributed by atoms with Crippen molar-refractivity contribution in [2.24, 2.45) is 0 Å². The quantitative estimate of drug-likeness (QED) is 0.650. The number of urea groups is 1. The molecule has 0 radical (unpaired) electrons. The second-order valence-electron chi connectivity index (χ2n) is 8.49. The number of fused-ring (bicyclic) bond motifs is 2. The van der Waals surface area contributed by atoms with Gasteiger partial charge in [-0.05, 0) is 98.7 Å². The number of nitrogens with one attached hydrogen (secondary N) is 2. The van der Waals surface area contributed by atoms with Gasteiger partial charge in [-0.3, -0.25) is 0 Å². The Kier molecular flexibility index (Phi) is 5.15. The number of benzene rings is 1. The maximum Gasteiger partial charge on any atom is 0.333 e. The molecule has 2 aliphatic carbocycles. The highest BCUT2D eigenvalue weighted by molar-refractivity contribution is 7.89. The van der Waals surface area contributed by atoms with Crippen LogP contribution < -0.4 is 10.0 Å². The van der Waals surface area contributed by atoms with Crippen molar-refractivity contribution in [1.29, 1.82) is 0 Å². The van der Waals surface area contributed by atoms with E-state index in [1.807, 2.05) is 4.72 Å². The highest BCUT2D eigenvalue weighted by atomic mass is 35.5. The molecule has 0 fully saturated rings. The zero-order valence-electron chi connectivity index (χ0n) is 17.2. The van der Waals surface area contributed by atoms with E-state index in [-0.39, 0.29) is 10.8 Å². The Labute approximate surface area is 180 Å². The first kappa shape index (κ1) is 21.2. The fraction of sp³-hybridized carbons (Fsp3) is 0.476. The van der Waals surface area contributed by atoms with Crippen LogP contribution in [0.3, 0.4) is 0 Å². The third kappa shape index (κ3) is 3.61. The van der Waals surface area contributed by atoms with Gasteiger partial charge in [0, 0.05) is 17.3 Å². The molecule has 0 spiro atoms. The second-order valence-corrected chi connectivity index (χ2v) is 10.4. The molecule has 7 nitrogen and oxygen atoms in total. The van der Waals surface area contributed by atoms with Gasteiger partial charge in [0.25, 0.3) is 10.0 Å². The molecule has 0 saturated heterocycles. The van der Waals surface area contributed by atoms with E-state index in [1.165, 1.54) is 30.5 Å². The molecule has 30 heavy (non-hydrogen) atoms. The molecule has 0 saturated carbocycles. The third-order valence-electron chi connectivity index (χ3n) is 6.00. The van der Waals surface area contributed by atoms with E-state index in [1.54, 1.807) is 0 Å². The SMILES string of the molecule is Cc1c2c(c(NC(=O)NS(=O)(=O)c3cc(C(C)(C)O)c(Cl)o3)c3c1CCC3)CCC2. The average molecular weight is 453 g/mol. The second kappa shape index (κ2) is 7.28. The molecule has 3 N–H and O–H groups in total. The number of furan rings is 1. The lowest BCUT2D eigenvalue weighted by Gasteiger charge is -2.19. The largest absolute Gasteiger partial charge is 0.431 e. The highest BCUT2D eigenvalue weighted by Gasteiger charge is 2.31. The fourth-order valence-corrected chi connectivity index (χ4v) is 5.87. The Hall–Kier alpha value is -2.03. The predicted octanol–water partition coefficient (Wildman–Crippen LogP) is 3.96. The number of hydrogen-bond donors (Lipinski definition) is 3. The van der Waals surface area contributed by atoms with Crippen LogP contribution in [0.25, 0.3) is 0 Å². The number of aliphatic hydroxyl groups is 1. The van der Waals surface area contributed by atoms with Crippen LogP contribution in [0.15, 0.2) is 15.6 Å². The normalized spacial score (nSPS) is 15.8. The summed E-state index contributed by atoms with van der Waals surface area (Å²) in [4.78, 5) is 12.6. The van der Waals surface area contributed by atoms with Crippen molar-refractivity contribution in [2.45, 2.75) is 70.0 Å². The summed E-state index contributed by atoms with van der Waals surface area (Å²) in [5.74, 6) is 0. The minimum atomic E-state index is -4.30. The van der Waals surface area contributed by atoms with Crippen LogP contribution in [0.4, 0.5) is 10.5 Å². The summed E-state index contributed by atoms with van der Waals surface area (Å²) in [6.07, 6.45) is 5.75. The standard InChI is InChI=1S/C21H25ClN2O5S/c1-11-12-6-4-8-14(12)18(15-9-5-7-13(11)15)23-20(25)24-30(27,28)17-10-16(19(22)29-17)21(2,3)26/h10,26H,4-9H2,1-3H3,(H2,23,24,25). The van der Waals surface area contributed by atoms with Crippen LogP contribution in [0.2, 0.25) is 5.22 Å². The Morgan fingerprint density at radius 3 is 2.13 bits per heavy atom. The van der Waals surface area contributed by atoms with Crippen LogP contribution in [0.1, 0.15) is 60.1 Å². The number of carbonyl (C=O) groups excluding carboxylic acids is 1. The first-order chi connectivity index (χ1) is 14.0. The summed E-state index contributed by atoms with van der Waals surface area (Å²) >= 11 is 5.93. The van der Waals surface area contributed by atoms with Crippen molar-refractivity contribution in [2.75, 3.05) is 5.32 Å². The van der Waals surface area contributed by atoms with Crippen LogP contribution in [0, 0.1) is 6.92 Å². The Bertz CT molecular complexity index is 1110. The van der Waals surface area contributed by atoms with Crippen molar-refractivity contribution in [3.63, 3.8) is 0 Å². The van der Waals surface area contributed by atoms with E-state index in [4.69, 9.17) is 16.0 Å².